The molecular formula is C16H12BrFO2S. The molecule has 0 heterocycles. The predicted octanol–water partition coefficient (Wildman–Crippen LogP) is 4.93. The summed E-state index contributed by atoms with van der Waals surface area (Å²) < 4.78 is 14.3. The number of halogens is 2. The van der Waals surface area contributed by atoms with E-state index in [1.807, 2.05) is 6.07 Å². The van der Waals surface area contributed by atoms with E-state index < -0.39 is 11.8 Å². The van der Waals surface area contributed by atoms with Crippen LogP contribution in [0.25, 0.3) is 0 Å². The Morgan fingerprint density at radius 3 is 2.71 bits per heavy atom. The van der Waals surface area contributed by atoms with Crippen molar-refractivity contribution in [2.45, 2.75) is 29.1 Å². The number of aryl methyl sites for hydroxylation is 2. The van der Waals surface area contributed by atoms with E-state index in [9.17, 15) is 9.18 Å². The number of hydrogen-bond donors (Lipinski definition) is 1. The lowest BCUT2D eigenvalue weighted by Gasteiger charge is -2.08. The van der Waals surface area contributed by atoms with E-state index in [1.54, 1.807) is 0 Å². The largest absolute Gasteiger partial charge is 0.478 e. The smallest absolute Gasteiger partial charge is 0.336 e. The number of benzene rings is 2. The van der Waals surface area contributed by atoms with Crippen molar-refractivity contribution in [2.75, 3.05) is 0 Å². The Labute approximate surface area is 134 Å². The van der Waals surface area contributed by atoms with Crippen LogP contribution in [0.3, 0.4) is 0 Å². The molecule has 3 rings (SSSR count). The summed E-state index contributed by atoms with van der Waals surface area (Å²) in [5.74, 6) is -1.67. The molecule has 0 aliphatic heterocycles. The van der Waals surface area contributed by atoms with E-state index in [0.717, 1.165) is 17.7 Å². The highest BCUT2D eigenvalue weighted by atomic mass is 79.9. The number of carboxylic acids is 1. The topological polar surface area (TPSA) is 37.3 Å². The zero-order chi connectivity index (χ0) is 15.0. The number of carbonyl (C=O) groups is 1. The van der Waals surface area contributed by atoms with Crippen molar-refractivity contribution in [3.63, 3.8) is 0 Å². The van der Waals surface area contributed by atoms with E-state index in [2.05, 4.69) is 28.1 Å². The van der Waals surface area contributed by atoms with Gasteiger partial charge in [-0.25, -0.2) is 9.18 Å². The molecule has 0 spiro atoms. The first-order valence-corrected chi connectivity index (χ1v) is 8.18. The molecule has 2 aromatic rings. The molecule has 21 heavy (non-hydrogen) atoms. The molecule has 0 bridgehead atoms. The summed E-state index contributed by atoms with van der Waals surface area (Å²) in [6.45, 7) is 0. The number of rotatable bonds is 3. The molecule has 0 aromatic heterocycles. The molecule has 0 amide bonds. The molecule has 0 fully saturated rings. The summed E-state index contributed by atoms with van der Waals surface area (Å²) in [5, 5.41) is 8.97. The van der Waals surface area contributed by atoms with E-state index >= 15 is 0 Å². The molecule has 0 saturated heterocycles. The summed E-state index contributed by atoms with van der Waals surface area (Å²) in [6.07, 6.45) is 3.37. The first-order chi connectivity index (χ1) is 10.1. The van der Waals surface area contributed by atoms with Gasteiger partial charge in [0.1, 0.15) is 0 Å². The van der Waals surface area contributed by atoms with Crippen LogP contribution < -0.4 is 0 Å². The maximum Gasteiger partial charge on any atom is 0.336 e. The average molecular weight is 367 g/mol. The van der Waals surface area contributed by atoms with E-state index in [-0.39, 0.29) is 10.0 Å². The van der Waals surface area contributed by atoms with Gasteiger partial charge < -0.3 is 5.11 Å². The second kappa shape index (κ2) is 5.81. The van der Waals surface area contributed by atoms with Gasteiger partial charge >= 0.3 is 5.97 Å². The van der Waals surface area contributed by atoms with Crippen molar-refractivity contribution >= 4 is 33.7 Å². The molecule has 108 valence electrons. The van der Waals surface area contributed by atoms with Crippen molar-refractivity contribution in [2.24, 2.45) is 0 Å². The summed E-state index contributed by atoms with van der Waals surface area (Å²) in [6, 6.07) is 9.13. The third kappa shape index (κ3) is 2.85. The molecule has 5 heteroatoms. The molecule has 0 radical (unpaired) electrons. The summed E-state index contributed by atoms with van der Waals surface area (Å²) >= 11 is 4.34. The highest BCUT2D eigenvalue weighted by Crippen LogP contribution is 2.36. The van der Waals surface area contributed by atoms with Gasteiger partial charge in [-0.15, -0.1) is 0 Å². The van der Waals surface area contributed by atoms with Crippen molar-refractivity contribution in [1.29, 1.82) is 0 Å². The van der Waals surface area contributed by atoms with Crippen LogP contribution in [0.4, 0.5) is 4.39 Å². The highest BCUT2D eigenvalue weighted by Gasteiger charge is 2.17. The lowest BCUT2D eigenvalue weighted by Crippen LogP contribution is -2.00. The minimum atomic E-state index is -1.14. The van der Waals surface area contributed by atoms with Crippen LogP contribution >= 0.6 is 27.7 Å². The average Bonchev–Trinajstić information content (AvgIpc) is 2.91. The van der Waals surface area contributed by atoms with Crippen molar-refractivity contribution < 1.29 is 14.3 Å². The molecule has 1 aliphatic carbocycles. The molecular weight excluding hydrogens is 355 g/mol. The number of carboxylic acid groups (broad SMARTS) is 1. The van der Waals surface area contributed by atoms with Crippen LogP contribution in [0.1, 0.15) is 27.9 Å². The molecule has 0 atom stereocenters. The summed E-state index contributed by atoms with van der Waals surface area (Å²) in [4.78, 5) is 12.4. The Kier molecular flexibility index (Phi) is 4.04. The molecule has 2 nitrogen and oxygen atoms in total. The quantitative estimate of drug-likeness (QED) is 0.836. The Morgan fingerprint density at radius 1 is 1.19 bits per heavy atom. The zero-order valence-electron chi connectivity index (χ0n) is 11.0. The van der Waals surface area contributed by atoms with Crippen LogP contribution in [0.5, 0.6) is 0 Å². The van der Waals surface area contributed by atoms with Gasteiger partial charge in [-0.05, 0) is 70.6 Å². The van der Waals surface area contributed by atoms with Crippen LogP contribution in [-0.4, -0.2) is 11.1 Å². The van der Waals surface area contributed by atoms with Crippen LogP contribution in [0, 0.1) is 5.82 Å². The van der Waals surface area contributed by atoms with Crippen LogP contribution in [-0.2, 0) is 12.8 Å². The third-order valence-corrected chi connectivity index (χ3v) is 5.38. The Bertz CT molecular complexity index is 730. The Hall–Kier alpha value is -1.33. The van der Waals surface area contributed by atoms with Crippen LogP contribution in [0.2, 0.25) is 0 Å². The van der Waals surface area contributed by atoms with E-state index in [0.29, 0.717) is 4.90 Å². The first-order valence-electron chi connectivity index (χ1n) is 6.57. The van der Waals surface area contributed by atoms with Gasteiger partial charge in [-0.2, -0.15) is 0 Å². The van der Waals surface area contributed by atoms with Gasteiger partial charge in [-0.1, -0.05) is 17.8 Å². The maximum absolute atomic E-state index is 14.3. The predicted molar refractivity (Wildman–Crippen MR) is 83.6 cm³/mol. The fourth-order valence-corrected chi connectivity index (χ4v) is 4.08. The lowest BCUT2D eigenvalue weighted by atomic mass is 10.1. The van der Waals surface area contributed by atoms with Gasteiger partial charge in [0.25, 0.3) is 0 Å². The minimum Gasteiger partial charge on any atom is -0.478 e. The Balaban J connectivity index is 1.92. The SMILES string of the molecule is O=C(O)c1ccc(Sc2ccc3c(c2)CCC3)c(F)c1Br. The van der Waals surface area contributed by atoms with E-state index in [1.165, 1.54) is 41.4 Å². The third-order valence-electron chi connectivity index (χ3n) is 3.58. The van der Waals surface area contributed by atoms with Gasteiger partial charge in [0.2, 0.25) is 0 Å². The van der Waals surface area contributed by atoms with Gasteiger partial charge in [-0.3, -0.25) is 0 Å². The molecule has 0 saturated carbocycles. The zero-order valence-corrected chi connectivity index (χ0v) is 13.4. The summed E-state index contributed by atoms with van der Waals surface area (Å²) in [7, 11) is 0. The normalized spacial score (nSPS) is 13.2. The number of fused-ring (bicyclic) bond motifs is 1. The number of hydrogen-bond acceptors (Lipinski definition) is 2. The van der Waals surface area contributed by atoms with Gasteiger partial charge in [0, 0.05) is 9.79 Å². The fraction of sp³-hybridized carbons (Fsp3) is 0.188. The van der Waals surface area contributed by atoms with Crippen molar-refractivity contribution in [3.8, 4) is 0 Å². The summed E-state index contributed by atoms with van der Waals surface area (Å²) in [5.41, 5.74) is 2.65. The standard InChI is InChI=1S/C16H12BrFO2S/c17-14-12(16(19)20)6-7-13(15(14)18)21-11-5-4-9-2-1-3-10(9)8-11/h4-8H,1-3H2,(H,19,20). The molecule has 2 aromatic carbocycles. The van der Waals surface area contributed by atoms with Gasteiger partial charge in [0.15, 0.2) is 5.82 Å². The second-order valence-corrected chi connectivity index (χ2v) is 6.84. The molecule has 1 aliphatic rings. The van der Waals surface area contributed by atoms with E-state index in [4.69, 9.17) is 5.11 Å². The Morgan fingerprint density at radius 2 is 1.95 bits per heavy atom. The lowest BCUT2D eigenvalue weighted by molar-refractivity contribution is 0.0695. The van der Waals surface area contributed by atoms with Crippen LogP contribution in [0.15, 0.2) is 44.6 Å². The van der Waals surface area contributed by atoms with Crippen molar-refractivity contribution in [3.05, 3.63) is 57.3 Å². The number of aromatic carboxylic acids is 1. The second-order valence-electron chi connectivity index (χ2n) is 4.93. The van der Waals surface area contributed by atoms with Crippen molar-refractivity contribution in [1.82, 2.24) is 0 Å². The monoisotopic (exact) mass is 366 g/mol. The first kappa shape index (κ1) is 14.6. The minimum absolute atomic E-state index is 0.00107. The fourth-order valence-electron chi connectivity index (χ4n) is 2.51. The highest BCUT2D eigenvalue weighted by molar-refractivity contribution is 9.10. The maximum atomic E-state index is 14.3. The molecule has 0 unspecified atom stereocenters. The molecule has 1 N–H and O–H groups in total. The van der Waals surface area contributed by atoms with Gasteiger partial charge in [0.05, 0.1) is 10.0 Å².